The molecule has 20 heavy (non-hydrogen) atoms. The third-order valence-electron chi connectivity index (χ3n) is 4.85. The molecule has 0 radical (unpaired) electrons. The number of rotatable bonds is 7. The number of pyridine rings is 1. The van der Waals surface area contributed by atoms with E-state index in [1.54, 1.807) is 0 Å². The van der Waals surface area contributed by atoms with Gasteiger partial charge in [-0.15, -0.1) is 0 Å². The predicted molar refractivity (Wildman–Crippen MR) is 85.8 cm³/mol. The molecular weight excluding hydrogens is 244 g/mol. The van der Waals surface area contributed by atoms with E-state index in [0.29, 0.717) is 6.04 Å². The number of hydrogen-bond acceptors (Lipinski definition) is 2. The largest absolute Gasteiger partial charge is 0.313 e. The average Bonchev–Trinajstić information content (AvgIpc) is 2.52. The molecule has 0 saturated heterocycles. The lowest BCUT2D eigenvalue weighted by molar-refractivity contribution is 0.216. The van der Waals surface area contributed by atoms with Gasteiger partial charge in [-0.05, 0) is 49.8 Å². The summed E-state index contributed by atoms with van der Waals surface area (Å²) in [4.78, 5) is 4.51. The van der Waals surface area contributed by atoms with Crippen LogP contribution < -0.4 is 5.32 Å². The van der Waals surface area contributed by atoms with Crippen molar-refractivity contribution in [3.63, 3.8) is 0 Å². The van der Waals surface area contributed by atoms with E-state index in [-0.39, 0.29) is 0 Å². The lowest BCUT2D eigenvalue weighted by Crippen LogP contribution is -2.40. The topological polar surface area (TPSA) is 24.9 Å². The van der Waals surface area contributed by atoms with Gasteiger partial charge in [0.05, 0.1) is 0 Å². The second-order valence-electron chi connectivity index (χ2n) is 6.27. The molecule has 0 amide bonds. The van der Waals surface area contributed by atoms with Gasteiger partial charge >= 0.3 is 0 Å². The molecule has 1 aromatic rings. The molecule has 112 valence electrons. The lowest BCUT2D eigenvalue weighted by Gasteiger charge is -2.34. The molecule has 2 nitrogen and oxygen atoms in total. The maximum Gasteiger partial charge on any atom is 0.0419 e. The summed E-state index contributed by atoms with van der Waals surface area (Å²) in [6.07, 6.45) is 11.2. The highest BCUT2D eigenvalue weighted by molar-refractivity contribution is 5.06. The summed E-state index contributed by atoms with van der Waals surface area (Å²) in [7, 11) is 0. The van der Waals surface area contributed by atoms with Gasteiger partial charge in [0.1, 0.15) is 0 Å². The van der Waals surface area contributed by atoms with Crippen LogP contribution in [-0.4, -0.2) is 17.6 Å². The molecule has 1 aliphatic rings. The summed E-state index contributed by atoms with van der Waals surface area (Å²) < 4.78 is 0. The van der Waals surface area contributed by atoms with Crippen molar-refractivity contribution in [2.24, 2.45) is 11.8 Å². The maximum atomic E-state index is 4.51. The highest BCUT2D eigenvalue weighted by Gasteiger charge is 2.26. The SMILES string of the molecule is CCCNC(Cc1ccccn1)C1CCC(CC)CC1. The Morgan fingerprint density at radius 1 is 1.20 bits per heavy atom. The predicted octanol–water partition coefficient (Wildman–Crippen LogP) is 4.21. The van der Waals surface area contributed by atoms with Crippen molar-refractivity contribution in [3.8, 4) is 0 Å². The molecule has 2 heteroatoms. The molecule has 0 bridgehead atoms. The smallest absolute Gasteiger partial charge is 0.0419 e. The van der Waals surface area contributed by atoms with E-state index in [0.717, 1.165) is 24.8 Å². The summed E-state index contributed by atoms with van der Waals surface area (Å²) in [5, 5.41) is 3.78. The first-order valence-corrected chi connectivity index (χ1v) is 8.46. The van der Waals surface area contributed by atoms with Crippen LogP contribution in [0.25, 0.3) is 0 Å². The standard InChI is InChI=1S/C18H30N2/c1-3-12-20-18(14-17-7-5-6-13-19-17)16-10-8-15(4-2)9-11-16/h5-7,13,15-16,18,20H,3-4,8-12,14H2,1-2H3. The zero-order valence-electron chi connectivity index (χ0n) is 13.1. The second kappa shape index (κ2) is 8.41. The Bertz CT molecular complexity index is 355. The molecular formula is C18H30N2. The normalized spacial score (nSPS) is 24.5. The van der Waals surface area contributed by atoms with E-state index in [1.165, 1.54) is 44.2 Å². The van der Waals surface area contributed by atoms with Crippen molar-refractivity contribution >= 4 is 0 Å². The Kier molecular flexibility index (Phi) is 6.52. The lowest BCUT2D eigenvalue weighted by atomic mass is 9.76. The maximum absolute atomic E-state index is 4.51. The fourth-order valence-corrected chi connectivity index (χ4v) is 3.48. The van der Waals surface area contributed by atoms with Crippen molar-refractivity contribution in [2.75, 3.05) is 6.54 Å². The Morgan fingerprint density at radius 3 is 2.60 bits per heavy atom. The van der Waals surface area contributed by atoms with Crippen LogP contribution in [0.2, 0.25) is 0 Å². The van der Waals surface area contributed by atoms with Crippen LogP contribution in [0, 0.1) is 11.8 Å². The minimum atomic E-state index is 0.614. The highest BCUT2D eigenvalue weighted by Crippen LogP contribution is 2.33. The molecule has 0 aromatic carbocycles. The summed E-state index contributed by atoms with van der Waals surface area (Å²) in [6, 6.07) is 6.89. The number of aromatic nitrogens is 1. The van der Waals surface area contributed by atoms with E-state index in [4.69, 9.17) is 0 Å². The molecule has 1 heterocycles. The van der Waals surface area contributed by atoms with Crippen molar-refractivity contribution in [2.45, 2.75) is 64.8 Å². The van der Waals surface area contributed by atoms with Crippen molar-refractivity contribution in [3.05, 3.63) is 30.1 Å². The molecule has 1 N–H and O–H groups in total. The first-order valence-electron chi connectivity index (χ1n) is 8.46. The summed E-state index contributed by atoms with van der Waals surface area (Å²) in [5.41, 5.74) is 1.23. The molecule has 1 atom stereocenters. The molecule has 1 unspecified atom stereocenters. The Labute approximate surface area is 124 Å². The summed E-state index contributed by atoms with van der Waals surface area (Å²) >= 11 is 0. The summed E-state index contributed by atoms with van der Waals surface area (Å²) in [6.45, 7) is 5.72. The molecule has 2 rings (SSSR count). The van der Waals surface area contributed by atoms with E-state index in [2.05, 4.69) is 36.3 Å². The van der Waals surface area contributed by atoms with Gasteiger partial charge in [0.25, 0.3) is 0 Å². The van der Waals surface area contributed by atoms with Gasteiger partial charge in [0, 0.05) is 24.4 Å². The first-order chi connectivity index (χ1) is 9.83. The molecule has 1 fully saturated rings. The Hall–Kier alpha value is -0.890. The van der Waals surface area contributed by atoms with Crippen molar-refractivity contribution in [1.82, 2.24) is 10.3 Å². The first kappa shape index (κ1) is 15.5. The second-order valence-corrected chi connectivity index (χ2v) is 6.27. The Morgan fingerprint density at radius 2 is 2.00 bits per heavy atom. The number of nitrogens with zero attached hydrogens (tertiary/aromatic N) is 1. The van der Waals surface area contributed by atoms with Gasteiger partial charge in [0.2, 0.25) is 0 Å². The van der Waals surface area contributed by atoms with E-state index in [1.807, 2.05) is 12.3 Å². The van der Waals surface area contributed by atoms with E-state index < -0.39 is 0 Å². The van der Waals surface area contributed by atoms with Crippen LogP contribution in [0.3, 0.4) is 0 Å². The third kappa shape index (κ3) is 4.59. The van der Waals surface area contributed by atoms with Gasteiger partial charge < -0.3 is 5.32 Å². The number of nitrogens with one attached hydrogen (secondary N) is 1. The average molecular weight is 274 g/mol. The Balaban J connectivity index is 1.93. The van der Waals surface area contributed by atoms with Gasteiger partial charge in [-0.2, -0.15) is 0 Å². The molecule has 0 aliphatic heterocycles. The van der Waals surface area contributed by atoms with Crippen LogP contribution in [0.1, 0.15) is 58.1 Å². The summed E-state index contributed by atoms with van der Waals surface area (Å²) in [5.74, 6) is 1.82. The van der Waals surface area contributed by atoms with Gasteiger partial charge in [-0.1, -0.05) is 39.2 Å². The minimum absolute atomic E-state index is 0.614. The molecule has 0 spiro atoms. The monoisotopic (exact) mass is 274 g/mol. The van der Waals surface area contributed by atoms with Crippen LogP contribution in [0.15, 0.2) is 24.4 Å². The third-order valence-corrected chi connectivity index (χ3v) is 4.85. The minimum Gasteiger partial charge on any atom is -0.313 e. The van der Waals surface area contributed by atoms with Crippen LogP contribution in [-0.2, 0) is 6.42 Å². The van der Waals surface area contributed by atoms with Crippen LogP contribution in [0.4, 0.5) is 0 Å². The van der Waals surface area contributed by atoms with Gasteiger partial charge in [-0.3, -0.25) is 4.98 Å². The molecule has 1 saturated carbocycles. The van der Waals surface area contributed by atoms with Crippen LogP contribution in [0.5, 0.6) is 0 Å². The zero-order chi connectivity index (χ0) is 14.2. The molecule has 1 aliphatic carbocycles. The highest BCUT2D eigenvalue weighted by atomic mass is 14.9. The fraction of sp³-hybridized carbons (Fsp3) is 0.722. The number of hydrogen-bond donors (Lipinski definition) is 1. The van der Waals surface area contributed by atoms with Crippen LogP contribution >= 0.6 is 0 Å². The molecule has 1 aromatic heterocycles. The van der Waals surface area contributed by atoms with Gasteiger partial charge in [-0.25, -0.2) is 0 Å². The quantitative estimate of drug-likeness (QED) is 0.805. The van der Waals surface area contributed by atoms with Crippen molar-refractivity contribution < 1.29 is 0 Å². The zero-order valence-corrected chi connectivity index (χ0v) is 13.1. The van der Waals surface area contributed by atoms with E-state index in [9.17, 15) is 0 Å². The fourth-order valence-electron chi connectivity index (χ4n) is 3.48. The van der Waals surface area contributed by atoms with Crippen molar-refractivity contribution in [1.29, 1.82) is 0 Å². The van der Waals surface area contributed by atoms with Gasteiger partial charge in [0.15, 0.2) is 0 Å². The van der Waals surface area contributed by atoms with E-state index >= 15 is 0 Å².